The number of amides is 1. The fourth-order valence-corrected chi connectivity index (χ4v) is 0.950. The molecule has 7 heteroatoms. The Labute approximate surface area is 87.5 Å². The van der Waals surface area contributed by atoms with Crippen molar-refractivity contribution in [2.75, 3.05) is 23.8 Å². The van der Waals surface area contributed by atoms with Crippen LogP contribution in [0.3, 0.4) is 0 Å². The number of hydrogen-bond donors (Lipinski definition) is 4. The summed E-state index contributed by atoms with van der Waals surface area (Å²) in [6.45, 7) is 2.60. The molecule has 0 aliphatic carbocycles. The zero-order valence-electron chi connectivity index (χ0n) is 8.45. The van der Waals surface area contributed by atoms with Crippen LogP contribution in [0.1, 0.15) is 6.92 Å². The lowest BCUT2D eigenvalue weighted by Crippen LogP contribution is -2.26. The van der Waals surface area contributed by atoms with E-state index in [1.165, 1.54) is 13.1 Å². The average molecular weight is 210 g/mol. The van der Waals surface area contributed by atoms with Gasteiger partial charge in [-0.05, 0) is 0 Å². The third-order valence-corrected chi connectivity index (χ3v) is 1.59. The number of carbonyl (C=O) groups is 1. The molecule has 0 saturated heterocycles. The van der Waals surface area contributed by atoms with Crippen LogP contribution in [-0.2, 0) is 4.79 Å². The molecule has 1 rings (SSSR count). The predicted octanol–water partition coefficient (Wildman–Crippen LogP) is -0.690. The van der Waals surface area contributed by atoms with Crippen molar-refractivity contribution >= 4 is 17.5 Å². The van der Waals surface area contributed by atoms with E-state index in [0.29, 0.717) is 24.7 Å². The van der Waals surface area contributed by atoms with Gasteiger partial charge in [0.1, 0.15) is 5.82 Å². The molecule has 0 bridgehead atoms. The van der Waals surface area contributed by atoms with E-state index in [4.69, 9.17) is 5.84 Å². The summed E-state index contributed by atoms with van der Waals surface area (Å²) in [5, 5.41) is 5.65. The number of hydrazine groups is 1. The number of nitrogens with one attached hydrogen (secondary N) is 3. The standard InChI is InChI=1S/C8H14N6O/c1-6(15)11-2-3-12-7-4-10-5-8(13-7)14-9/h4-5H,2-3,9H2,1H3,(H,11,15)(H2,12,13,14). The molecule has 0 aromatic carbocycles. The van der Waals surface area contributed by atoms with Crippen molar-refractivity contribution in [3.8, 4) is 0 Å². The molecular formula is C8H14N6O. The largest absolute Gasteiger partial charge is 0.367 e. The first kappa shape index (κ1) is 11.2. The van der Waals surface area contributed by atoms with Gasteiger partial charge in [-0.2, -0.15) is 0 Å². The van der Waals surface area contributed by atoms with Crippen LogP contribution < -0.4 is 21.9 Å². The van der Waals surface area contributed by atoms with Gasteiger partial charge >= 0.3 is 0 Å². The van der Waals surface area contributed by atoms with Gasteiger partial charge < -0.3 is 16.1 Å². The van der Waals surface area contributed by atoms with Gasteiger partial charge in [0, 0.05) is 20.0 Å². The molecule has 0 spiro atoms. The van der Waals surface area contributed by atoms with Crippen molar-refractivity contribution in [1.82, 2.24) is 15.3 Å². The Morgan fingerprint density at radius 3 is 2.80 bits per heavy atom. The van der Waals surface area contributed by atoms with E-state index >= 15 is 0 Å². The van der Waals surface area contributed by atoms with E-state index in [2.05, 4.69) is 26.0 Å². The van der Waals surface area contributed by atoms with Crippen LogP contribution in [-0.4, -0.2) is 29.0 Å². The summed E-state index contributed by atoms with van der Waals surface area (Å²) in [7, 11) is 0. The van der Waals surface area contributed by atoms with Crippen molar-refractivity contribution in [1.29, 1.82) is 0 Å². The number of rotatable bonds is 5. The normalized spacial score (nSPS) is 9.47. The maximum atomic E-state index is 10.6. The minimum absolute atomic E-state index is 0.0553. The second-order valence-electron chi connectivity index (χ2n) is 2.84. The Morgan fingerprint density at radius 2 is 2.13 bits per heavy atom. The van der Waals surface area contributed by atoms with Crippen LogP contribution in [0.4, 0.5) is 11.6 Å². The zero-order chi connectivity index (χ0) is 11.1. The summed E-state index contributed by atoms with van der Waals surface area (Å²) < 4.78 is 0. The minimum atomic E-state index is -0.0553. The number of nitrogens with zero attached hydrogens (tertiary/aromatic N) is 2. The summed E-state index contributed by atoms with van der Waals surface area (Å²) in [5.41, 5.74) is 2.39. The number of carbonyl (C=O) groups excluding carboxylic acids is 1. The van der Waals surface area contributed by atoms with Gasteiger partial charge in [-0.3, -0.25) is 9.78 Å². The highest BCUT2D eigenvalue weighted by atomic mass is 16.1. The van der Waals surface area contributed by atoms with E-state index < -0.39 is 0 Å². The van der Waals surface area contributed by atoms with E-state index in [0.717, 1.165) is 0 Å². The van der Waals surface area contributed by atoms with Crippen LogP contribution in [0.25, 0.3) is 0 Å². The van der Waals surface area contributed by atoms with Crippen LogP contribution in [0.5, 0.6) is 0 Å². The number of anilines is 2. The zero-order valence-corrected chi connectivity index (χ0v) is 8.45. The van der Waals surface area contributed by atoms with Crippen LogP contribution in [0, 0.1) is 0 Å². The average Bonchev–Trinajstić information content (AvgIpc) is 2.24. The molecule has 0 unspecified atom stereocenters. The van der Waals surface area contributed by atoms with Crippen molar-refractivity contribution in [2.24, 2.45) is 5.84 Å². The molecule has 82 valence electrons. The van der Waals surface area contributed by atoms with Crippen LogP contribution in [0.2, 0.25) is 0 Å². The predicted molar refractivity (Wildman–Crippen MR) is 57.0 cm³/mol. The summed E-state index contributed by atoms with van der Waals surface area (Å²) in [6.07, 6.45) is 3.09. The minimum Gasteiger partial charge on any atom is -0.367 e. The number of nitrogens with two attached hydrogens (primary N) is 1. The van der Waals surface area contributed by atoms with Crippen molar-refractivity contribution < 1.29 is 4.79 Å². The van der Waals surface area contributed by atoms with Gasteiger partial charge in [-0.15, -0.1) is 0 Å². The monoisotopic (exact) mass is 210 g/mol. The molecule has 1 aromatic heterocycles. The quantitative estimate of drug-likeness (QED) is 0.291. The molecule has 1 heterocycles. The third-order valence-electron chi connectivity index (χ3n) is 1.59. The maximum Gasteiger partial charge on any atom is 0.216 e. The van der Waals surface area contributed by atoms with Gasteiger partial charge in [0.2, 0.25) is 5.91 Å². The van der Waals surface area contributed by atoms with Gasteiger partial charge in [-0.1, -0.05) is 0 Å². The van der Waals surface area contributed by atoms with Gasteiger partial charge in [0.15, 0.2) is 5.82 Å². The highest BCUT2D eigenvalue weighted by Gasteiger charge is 1.96. The highest BCUT2D eigenvalue weighted by molar-refractivity contribution is 5.72. The second-order valence-corrected chi connectivity index (χ2v) is 2.84. The Kier molecular flexibility index (Phi) is 4.30. The Hall–Kier alpha value is -1.89. The van der Waals surface area contributed by atoms with E-state index in [9.17, 15) is 4.79 Å². The fraction of sp³-hybridized carbons (Fsp3) is 0.375. The van der Waals surface area contributed by atoms with Crippen molar-refractivity contribution in [3.05, 3.63) is 12.4 Å². The SMILES string of the molecule is CC(=O)NCCNc1cncc(NN)n1. The van der Waals surface area contributed by atoms with Gasteiger partial charge in [-0.25, -0.2) is 10.8 Å². The van der Waals surface area contributed by atoms with Crippen molar-refractivity contribution in [2.45, 2.75) is 6.92 Å². The summed E-state index contributed by atoms with van der Waals surface area (Å²) in [6, 6.07) is 0. The molecule has 0 fully saturated rings. The summed E-state index contributed by atoms with van der Waals surface area (Å²) in [4.78, 5) is 18.6. The maximum absolute atomic E-state index is 10.6. The lowest BCUT2D eigenvalue weighted by atomic mass is 10.5. The van der Waals surface area contributed by atoms with Crippen LogP contribution >= 0.6 is 0 Å². The molecule has 0 atom stereocenters. The van der Waals surface area contributed by atoms with Crippen molar-refractivity contribution in [3.63, 3.8) is 0 Å². The second kappa shape index (κ2) is 5.76. The Balaban J connectivity index is 2.33. The molecule has 0 aliphatic rings. The Morgan fingerprint density at radius 1 is 1.40 bits per heavy atom. The first-order chi connectivity index (χ1) is 7.22. The molecule has 7 nitrogen and oxygen atoms in total. The van der Waals surface area contributed by atoms with Gasteiger partial charge in [0.25, 0.3) is 0 Å². The highest BCUT2D eigenvalue weighted by Crippen LogP contribution is 2.03. The number of aromatic nitrogens is 2. The molecule has 5 N–H and O–H groups in total. The van der Waals surface area contributed by atoms with Gasteiger partial charge in [0.05, 0.1) is 12.4 Å². The van der Waals surface area contributed by atoms with E-state index in [1.54, 1.807) is 6.20 Å². The lowest BCUT2D eigenvalue weighted by molar-refractivity contribution is -0.118. The fourth-order valence-electron chi connectivity index (χ4n) is 0.950. The smallest absolute Gasteiger partial charge is 0.216 e. The molecule has 0 saturated carbocycles. The Bertz CT molecular complexity index is 329. The van der Waals surface area contributed by atoms with Crippen LogP contribution in [0.15, 0.2) is 12.4 Å². The third kappa shape index (κ3) is 4.23. The molecular weight excluding hydrogens is 196 g/mol. The molecule has 1 amide bonds. The summed E-state index contributed by atoms with van der Waals surface area (Å²) >= 11 is 0. The molecule has 1 aromatic rings. The lowest BCUT2D eigenvalue weighted by Gasteiger charge is -2.06. The first-order valence-corrected chi connectivity index (χ1v) is 4.49. The number of nitrogen functional groups attached to an aromatic ring is 1. The first-order valence-electron chi connectivity index (χ1n) is 4.49. The van der Waals surface area contributed by atoms with E-state index in [-0.39, 0.29) is 5.91 Å². The molecule has 15 heavy (non-hydrogen) atoms. The summed E-state index contributed by atoms with van der Waals surface area (Å²) in [5.74, 6) is 6.21. The molecule has 0 aliphatic heterocycles. The number of hydrogen-bond acceptors (Lipinski definition) is 6. The molecule has 0 radical (unpaired) electrons. The topological polar surface area (TPSA) is 105 Å². The van der Waals surface area contributed by atoms with E-state index in [1.807, 2.05) is 0 Å².